The molecule has 2 atom stereocenters. The van der Waals surface area contributed by atoms with E-state index in [0.717, 1.165) is 18.5 Å². The molecule has 1 aromatic carbocycles. The van der Waals surface area contributed by atoms with Gasteiger partial charge in [-0.05, 0) is 37.6 Å². The van der Waals surface area contributed by atoms with E-state index in [1.807, 2.05) is 19.1 Å². The molecule has 0 aromatic heterocycles. The topological polar surface area (TPSA) is 21.3 Å². The highest BCUT2D eigenvalue weighted by Crippen LogP contribution is 2.22. The molecule has 1 aromatic rings. The first-order chi connectivity index (χ1) is 8.22. The Balaban J connectivity index is 2.86. The molecule has 2 nitrogen and oxygen atoms in total. The van der Waals surface area contributed by atoms with Crippen LogP contribution in [0, 0.1) is 5.82 Å². The van der Waals surface area contributed by atoms with Crippen molar-refractivity contribution in [2.75, 3.05) is 13.2 Å². The molecule has 0 aliphatic rings. The summed E-state index contributed by atoms with van der Waals surface area (Å²) < 4.78 is 18.6. The summed E-state index contributed by atoms with van der Waals surface area (Å²) in [4.78, 5) is 0. The Bertz CT molecular complexity index is 313. The monoisotopic (exact) mass is 239 g/mol. The van der Waals surface area contributed by atoms with Crippen molar-refractivity contribution in [3.05, 3.63) is 35.6 Å². The summed E-state index contributed by atoms with van der Waals surface area (Å²) in [6.45, 7) is 7.73. The smallest absolute Gasteiger partial charge is 0.123 e. The van der Waals surface area contributed by atoms with Gasteiger partial charge in [0.15, 0.2) is 0 Å². The molecule has 0 saturated carbocycles. The first kappa shape index (κ1) is 14.1. The van der Waals surface area contributed by atoms with E-state index in [1.54, 1.807) is 0 Å². The second-order valence-electron chi connectivity index (χ2n) is 3.99. The first-order valence-corrected chi connectivity index (χ1v) is 6.33. The third-order valence-corrected chi connectivity index (χ3v) is 2.81. The lowest BCUT2D eigenvalue weighted by molar-refractivity contribution is 0.0318. The molecule has 3 heteroatoms. The highest BCUT2D eigenvalue weighted by atomic mass is 19.1. The lowest BCUT2D eigenvalue weighted by Crippen LogP contribution is -2.33. The van der Waals surface area contributed by atoms with Crippen molar-refractivity contribution in [3.63, 3.8) is 0 Å². The zero-order chi connectivity index (χ0) is 12.7. The zero-order valence-electron chi connectivity index (χ0n) is 10.9. The van der Waals surface area contributed by atoms with Crippen LogP contribution in [0.1, 0.15) is 38.8 Å². The van der Waals surface area contributed by atoms with Crippen LogP contribution in [0.15, 0.2) is 24.3 Å². The summed E-state index contributed by atoms with van der Waals surface area (Å²) in [6.07, 6.45) is 1.06. The summed E-state index contributed by atoms with van der Waals surface area (Å²) >= 11 is 0. The lowest BCUT2D eigenvalue weighted by atomic mass is 9.99. The van der Waals surface area contributed by atoms with Gasteiger partial charge in [-0.1, -0.05) is 26.0 Å². The molecule has 17 heavy (non-hydrogen) atoms. The van der Waals surface area contributed by atoms with E-state index in [0.29, 0.717) is 6.61 Å². The van der Waals surface area contributed by atoms with Crippen LogP contribution in [0.3, 0.4) is 0 Å². The average Bonchev–Trinajstić information content (AvgIpc) is 2.35. The minimum absolute atomic E-state index is 0.130. The number of nitrogens with one attached hydrogen (secondary N) is 1. The van der Waals surface area contributed by atoms with Gasteiger partial charge in [0, 0.05) is 6.61 Å². The number of hydrogen-bond acceptors (Lipinski definition) is 2. The van der Waals surface area contributed by atoms with Gasteiger partial charge in [0.1, 0.15) is 5.82 Å². The van der Waals surface area contributed by atoms with E-state index in [4.69, 9.17) is 4.74 Å². The first-order valence-electron chi connectivity index (χ1n) is 6.33. The predicted molar refractivity (Wildman–Crippen MR) is 68.5 cm³/mol. The molecule has 2 unspecified atom stereocenters. The maximum absolute atomic E-state index is 12.9. The van der Waals surface area contributed by atoms with E-state index >= 15 is 0 Å². The fourth-order valence-corrected chi connectivity index (χ4v) is 2.02. The summed E-state index contributed by atoms with van der Waals surface area (Å²) in [5.41, 5.74) is 1.08. The van der Waals surface area contributed by atoms with Crippen molar-refractivity contribution in [2.45, 2.75) is 39.3 Å². The van der Waals surface area contributed by atoms with Crippen LogP contribution in [-0.4, -0.2) is 19.3 Å². The summed E-state index contributed by atoms with van der Waals surface area (Å²) in [5, 5.41) is 3.41. The van der Waals surface area contributed by atoms with Crippen LogP contribution in [-0.2, 0) is 4.74 Å². The van der Waals surface area contributed by atoms with Gasteiger partial charge in [-0.15, -0.1) is 0 Å². The van der Waals surface area contributed by atoms with Crippen LogP contribution in [0.5, 0.6) is 0 Å². The van der Waals surface area contributed by atoms with E-state index in [1.165, 1.54) is 12.1 Å². The second-order valence-corrected chi connectivity index (χ2v) is 3.99. The predicted octanol–water partition coefficient (Wildman–Crippen LogP) is 3.29. The number of likely N-dealkylation sites (N-methyl/N-ethyl adjacent to an activating group) is 1. The molecule has 1 N–H and O–H groups in total. The highest BCUT2D eigenvalue weighted by molar-refractivity contribution is 5.21. The van der Waals surface area contributed by atoms with Gasteiger partial charge in [0.2, 0.25) is 0 Å². The number of halogens is 1. The van der Waals surface area contributed by atoms with Crippen molar-refractivity contribution >= 4 is 0 Å². The minimum Gasteiger partial charge on any atom is -0.377 e. The van der Waals surface area contributed by atoms with Gasteiger partial charge in [0.05, 0.1) is 12.1 Å². The molecule has 96 valence electrons. The average molecular weight is 239 g/mol. The fourth-order valence-electron chi connectivity index (χ4n) is 2.02. The fraction of sp³-hybridized carbons (Fsp3) is 0.571. The SMILES string of the molecule is CCNC(c1ccc(F)cc1)C(CC)OCC. The van der Waals surface area contributed by atoms with Crippen LogP contribution in [0.4, 0.5) is 4.39 Å². The largest absolute Gasteiger partial charge is 0.377 e. The number of ether oxygens (including phenoxy) is 1. The Kier molecular flexibility index (Phi) is 6.16. The van der Waals surface area contributed by atoms with E-state index in [9.17, 15) is 4.39 Å². The van der Waals surface area contributed by atoms with Gasteiger partial charge in [0.25, 0.3) is 0 Å². The van der Waals surface area contributed by atoms with Crippen molar-refractivity contribution in [1.82, 2.24) is 5.32 Å². The van der Waals surface area contributed by atoms with Gasteiger partial charge >= 0.3 is 0 Å². The summed E-state index contributed by atoms with van der Waals surface area (Å²) in [6, 6.07) is 6.77. The molecule has 0 fully saturated rings. The molecule has 0 spiro atoms. The maximum Gasteiger partial charge on any atom is 0.123 e. The minimum atomic E-state index is -0.201. The number of benzene rings is 1. The molecule has 0 amide bonds. The van der Waals surface area contributed by atoms with Crippen molar-refractivity contribution in [3.8, 4) is 0 Å². The molecule has 0 aliphatic carbocycles. The van der Waals surface area contributed by atoms with Crippen LogP contribution in [0.25, 0.3) is 0 Å². The van der Waals surface area contributed by atoms with Crippen LogP contribution in [0.2, 0.25) is 0 Å². The Morgan fingerprint density at radius 3 is 2.29 bits per heavy atom. The summed E-state index contributed by atoms with van der Waals surface area (Å²) in [7, 11) is 0. The van der Waals surface area contributed by atoms with Crippen molar-refractivity contribution in [1.29, 1.82) is 0 Å². The van der Waals surface area contributed by atoms with Gasteiger partial charge in [-0.25, -0.2) is 4.39 Å². The molecule has 0 heterocycles. The molecule has 0 saturated heterocycles. The Morgan fingerprint density at radius 2 is 1.82 bits per heavy atom. The molecular weight excluding hydrogens is 217 g/mol. The molecule has 0 aliphatic heterocycles. The molecule has 0 radical (unpaired) electrons. The van der Waals surface area contributed by atoms with E-state index < -0.39 is 0 Å². The van der Waals surface area contributed by atoms with Crippen molar-refractivity contribution in [2.24, 2.45) is 0 Å². The second kappa shape index (κ2) is 7.41. The Labute approximate surface area is 103 Å². The quantitative estimate of drug-likeness (QED) is 0.788. The maximum atomic E-state index is 12.9. The normalized spacial score (nSPS) is 14.6. The molecule has 1 rings (SSSR count). The van der Waals surface area contributed by atoms with E-state index in [2.05, 4.69) is 19.2 Å². The molecular formula is C14H22FNO. The van der Waals surface area contributed by atoms with Gasteiger partial charge in [-0.2, -0.15) is 0 Å². The van der Waals surface area contributed by atoms with E-state index in [-0.39, 0.29) is 18.0 Å². The van der Waals surface area contributed by atoms with Crippen LogP contribution >= 0.6 is 0 Å². The number of hydrogen-bond donors (Lipinski definition) is 1. The lowest BCUT2D eigenvalue weighted by Gasteiger charge is -2.27. The third kappa shape index (κ3) is 4.10. The van der Waals surface area contributed by atoms with Crippen molar-refractivity contribution < 1.29 is 9.13 Å². The zero-order valence-corrected chi connectivity index (χ0v) is 10.9. The Morgan fingerprint density at radius 1 is 1.18 bits per heavy atom. The standard InChI is InChI=1S/C14H22FNO/c1-4-13(17-6-3)14(16-5-2)11-7-9-12(15)10-8-11/h7-10,13-14,16H,4-6H2,1-3H3. The van der Waals surface area contributed by atoms with Crippen LogP contribution < -0.4 is 5.32 Å². The molecule has 0 bridgehead atoms. The highest BCUT2D eigenvalue weighted by Gasteiger charge is 2.21. The van der Waals surface area contributed by atoms with Gasteiger partial charge in [-0.3, -0.25) is 0 Å². The third-order valence-electron chi connectivity index (χ3n) is 2.81. The van der Waals surface area contributed by atoms with Gasteiger partial charge < -0.3 is 10.1 Å². The number of rotatable bonds is 7. The Hall–Kier alpha value is -0.930. The summed E-state index contributed by atoms with van der Waals surface area (Å²) in [5.74, 6) is -0.201.